The average molecular weight is 296 g/mol. The van der Waals surface area contributed by atoms with E-state index in [0.29, 0.717) is 23.7 Å². The molecule has 0 atom stereocenters. The molecule has 114 valence electrons. The molecule has 0 bridgehead atoms. The SMILES string of the molecule is CCOc1ccccc1C(=O)/C=C/c1cc(C)c(O)c(C)c1. The maximum absolute atomic E-state index is 12.3. The molecule has 1 N–H and O–H groups in total. The highest BCUT2D eigenvalue weighted by Gasteiger charge is 2.09. The molecule has 0 aromatic heterocycles. The third-order valence-electron chi connectivity index (χ3n) is 3.39. The number of aromatic hydroxyl groups is 1. The van der Waals surface area contributed by atoms with Crippen molar-refractivity contribution in [1.82, 2.24) is 0 Å². The molecular weight excluding hydrogens is 276 g/mol. The van der Waals surface area contributed by atoms with E-state index in [-0.39, 0.29) is 5.78 Å². The topological polar surface area (TPSA) is 46.5 Å². The molecule has 0 radical (unpaired) electrons. The molecule has 0 aliphatic heterocycles. The van der Waals surface area contributed by atoms with Gasteiger partial charge in [-0.3, -0.25) is 4.79 Å². The first kappa shape index (κ1) is 15.8. The lowest BCUT2D eigenvalue weighted by Gasteiger charge is -2.07. The highest BCUT2D eigenvalue weighted by Crippen LogP contribution is 2.24. The van der Waals surface area contributed by atoms with Gasteiger partial charge in [0.05, 0.1) is 12.2 Å². The van der Waals surface area contributed by atoms with Crippen LogP contribution in [0, 0.1) is 13.8 Å². The van der Waals surface area contributed by atoms with E-state index in [1.165, 1.54) is 6.08 Å². The van der Waals surface area contributed by atoms with E-state index < -0.39 is 0 Å². The van der Waals surface area contributed by atoms with Crippen LogP contribution in [0.4, 0.5) is 0 Å². The molecule has 0 saturated carbocycles. The summed E-state index contributed by atoms with van der Waals surface area (Å²) < 4.78 is 5.48. The normalized spacial score (nSPS) is 10.9. The Morgan fingerprint density at radius 3 is 2.45 bits per heavy atom. The number of aryl methyl sites for hydroxylation is 2. The van der Waals surface area contributed by atoms with E-state index in [1.54, 1.807) is 18.2 Å². The number of hydrogen-bond acceptors (Lipinski definition) is 3. The minimum atomic E-state index is -0.104. The third-order valence-corrected chi connectivity index (χ3v) is 3.39. The molecular formula is C19H20O3. The first-order valence-electron chi connectivity index (χ1n) is 7.27. The highest BCUT2D eigenvalue weighted by atomic mass is 16.5. The highest BCUT2D eigenvalue weighted by molar-refractivity contribution is 6.08. The van der Waals surface area contributed by atoms with Crippen LogP contribution >= 0.6 is 0 Å². The molecule has 2 rings (SSSR count). The first-order chi connectivity index (χ1) is 10.5. The summed E-state index contributed by atoms with van der Waals surface area (Å²) in [5.74, 6) is 0.787. The lowest BCUT2D eigenvalue weighted by molar-refractivity contribution is 0.104. The average Bonchev–Trinajstić information content (AvgIpc) is 2.51. The second-order valence-electron chi connectivity index (χ2n) is 5.13. The van der Waals surface area contributed by atoms with Crippen LogP contribution in [0.25, 0.3) is 6.08 Å². The van der Waals surface area contributed by atoms with E-state index >= 15 is 0 Å². The van der Waals surface area contributed by atoms with Gasteiger partial charge in [-0.05, 0) is 67.8 Å². The monoisotopic (exact) mass is 296 g/mol. The van der Waals surface area contributed by atoms with Crippen LogP contribution in [0.3, 0.4) is 0 Å². The zero-order chi connectivity index (χ0) is 16.1. The van der Waals surface area contributed by atoms with Crippen molar-refractivity contribution in [1.29, 1.82) is 0 Å². The van der Waals surface area contributed by atoms with Gasteiger partial charge in [0.1, 0.15) is 11.5 Å². The van der Waals surface area contributed by atoms with Gasteiger partial charge in [-0.15, -0.1) is 0 Å². The Hall–Kier alpha value is -2.55. The maximum Gasteiger partial charge on any atom is 0.189 e. The molecule has 2 aromatic carbocycles. The lowest BCUT2D eigenvalue weighted by atomic mass is 10.0. The summed E-state index contributed by atoms with van der Waals surface area (Å²) in [4.78, 5) is 12.3. The van der Waals surface area contributed by atoms with Crippen LogP contribution in [0.15, 0.2) is 42.5 Å². The molecule has 2 aromatic rings. The largest absolute Gasteiger partial charge is 0.507 e. The molecule has 22 heavy (non-hydrogen) atoms. The summed E-state index contributed by atoms with van der Waals surface area (Å²) in [5, 5.41) is 9.77. The van der Waals surface area contributed by atoms with E-state index in [2.05, 4.69) is 0 Å². The van der Waals surface area contributed by atoms with Gasteiger partial charge in [-0.25, -0.2) is 0 Å². The zero-order valence-electron chi connectivity index (χ0n) is 13.1. The molecule has 0 heterocycles. The number of phenols is 1. The predicted molar refractivity (Wildman–Crippen MR) is 88.6 cm³/mol. The summed E-state index contributed by atoms with van der Waals surface area (Å²) >= 11 is 0. The van der Waals surface area contributed by atoms with Crippen molar-refractivity contribution in [2.75, 3.05) is 6.61 Å². The fraction of sp³-hybridized carbons (Fsp3) is 0.211. The van der Waals surface area contributed by atoms with Crippen LogP contribution in [-0.4, -0.2) is 17.5 Å². The van der Waals surface area contributed by atoms with Crippen molar-refractivity contribution >= 4 is 11.9 Å². The Morgan fingerprint density at radius 1 is 1.18 bits per heavy atom. The van der Waals surface area contributed by atoms with Crippen molar-refractivity contribution in [2.45, 2.75) is 20.8 Å². The van der Waals surface area contributed by atoms with Crippen molar-refractivity contribution in [3.05, 3.63) is 64.7 Å². The molecule has 3 heteroatoms. The van der Waals surface area contributed by atoms with Gasteiger partial charge in [-0.1, -0.05) is 18.2 Å². The molecule has 0 saturated heterocycles. The number of carbonyl (C=O) groups is 1. The van der Waals surface area contributed by atoms with Gasteiger partial charge in [0, 0.05) is 0 Å². The summed E-state index contributed by atoms with van der Waals surface area (Å²) in [6, 6.07) is 10.9. The van der Waals surface area contributed by atoms with Gasteiger partial charge in [0.15, 0.2) is 5.78 Å². The molecule has 0 unspecified atom stereocenters. The van der Waals surface area contributed by atoms with Gasteiger partial charge < -0.3 is 9.84 Å². The Morgan fingerprint density at radius 2 is 1.82 bits per heavy atom. The quantitative estimate of drug-likeness (QED) is 0.661. The summed E-state index contributed by atoms with van der Waals surface area (Å²) in [6.07, 6.45) is 3.29. The molecule has 0 amide bonds. The van der Waals surface area contributed by atoms with Crippen molar-refractivity contribution in [3.63, 3.8) is 0 Å². The number of rotatable bonds is 5. The van der Waals surface area contributed by atoms with Crippen LogP contribution < -0.4 is 4.74 Å². The molecule has 0 aliphatic rings. The van der Waals surface area contributed by atoms with E-state index in [4.69, 9.17) is 4.74 Å². The van der Waals surface area contributed by atoms with E-state index in [1.807, 2.05) is 45.0 Å². The van der Waals surface area contributed by atoms with Crippen LogP contribution in [0.1, 0.15) is 34.0 Å². The summed E-state index contributed by atoms with van der Waals surface area (Å²) in [7, 11) is 0. The van der Waals surface area contributed by atoms with Crippen molar-refractivity contribution in [2.24, 2.45) is 0 Å². The minimum absolute atomic E-state index is 0.104. The van der Waals surface area contributed by atoms with Gasteiger partial charge in [0.2, 0.25) is 0 Å². The Labute approximate surface area is 130 Å². The van der Waals surface area contributed by atoms with Gasteiger partial charge >= 0.3 is 0 Å². The molecule has 0 fully saturated rings. The number of phenolic OH excluding ortho intramolecular Hbond substituents is 1. The predicted octanol–water partition coefficient (Wildman–Crippen LogP) is 4.30. The van der Waals surface area contributed by atoms with Gasteiger partial charge in [0.25, 0.3) is 0 Å². The Kier molecular flexibility index (Phi) is 4.99. The number of carbonyl (C=O) groups excluding carboxylic acids is 1. The Balaban J connectivity index is 2.25. The number of ketones is 1. The van der Waals surface area contributed by atoms with Crippen LogP contribution in [0.5, 0.6) is 11.5 Å². The minimum Gasteiger partial charge on any atom is -0.507 e. The molecule has 0 spiro atoms. The number of para-hydroxylation sites is 1. The van der Waals surface area contributed by atoms with Gasteiger partial charge in [-0.2, -0.15) is 0 Å². The maximum atomic E-state index is 12.3. The number of ether oxygens (including phenoxy) is 1. The lowest BCUT2D eigenvalue weighted by Crippen LogP contribution is -2.01. The standard InChI is InChI=1S/C19H20O3/c1-4-22-18-8-6-5-7-16(18)17(20)10-9-15-11-13(2)19(21)14(3)12-15/h5-12,21H,4H2,1-3H3/b10-9+. The van der Waals surface area contributed by atoms with Crippen molar-refractivity contribution < 1.29 is 14.6 Å². The van der Waals surface area contributed by atoms with Crippen molar-refractivity contribution in [3.8, 4) is 11.5 Å². The first-order valence-corrected chi connectivity index (χ1v) is 7.27. The second-order valence-corrected chi connectivity index (χ2v) is 5.13. The fourth-order valence-corrected chi connectivity index (χ4v) is 2.30. The van der Waals surface area contributed by atoms with Crippen LogP contribution in [-0.2, 0) is 0 Å². The zero-order valence-corrected chi connectivity index (χ0v) is 13.1. The number of hydrogen-bond donors (Lipinski definition) is 1. The molecule has 0 aliphatic carbocycles. The van der Waals surface area contributed by atoms with E-state index in [0.717, 1.165) is 16.7 Å². The smallest absolute Gasteiger partial charge is 0.189 e. The fourth-order valence-electron chi connectivity index (χ4n) is 2.30. The second kappa shape index (κ2) is 6.94. The number of benzene rings is 2. The van der Waals surface area contributed by atoms with E-state index in [9.17, 15) is 9.90 Å². The third kappa shape index (κ3) is 3.55. The molecule has 3 nitrogen and oxygen atoms in total. The van der Waals surface area contributed by atoms with Crippen LogP contribution in [0.2, 0.25) is 0 Å². The summed E-state index contributed by atoms with van der Waals surface area (Å²) in [5.41, 5.74) is 3.02. The summed E-state index contributed by atoms with van der Waals surface area (Å²) in [6.45, 7) is 6.08. The Bertz CT molecular complexity index is 691. The number of allylic oxidation sites excluding steroid dienone is 1.